The molecule has 2 heteroatoms. The fraction of sp³-hybridized carbons (Fsp3) is 0.714. The number of likely N-dealkylation sites (tertiary alicyclic amines) is 2. The molecule has 4 rings (SSSR count). The number of hydrogen-bond donors (Lipinski definition) is 0. The van der Waals surface area contributed by atoms with E-state index in [4.69, 9.17) is 0 Å². The topological polar surface area (TPSA) is 6.48 Å². The van der Waals surface area contributed by atoms with Crippen LogP contribution in [0.2, 0.25) is 0 Å². The average Bonchev–Trinajstić information content (AvgIpc) is 2.97. The summed E-state index contributed by atoms with van der Waals surface area (Å²) >= 11 is 0. The molecule has 0 saturated carbocycles. The molecule has 0 N–H and O–H groups in total. The number of rotatable bonds is 4. The molecule has 2 saturated heterocycles. The molecule has 1 aliphatic carbocycles. The molecule has 1 spiro atoms. The zero-order valence-corrected chi connectivity index (χ0v) is 14.6. The van der Waals surface area contributed by atoms with Crippen LogP contribution in [0.4, 0.5) is 0 Å². The van der Waals surface area contributed by atoms with Crippen molar-refractivity contribution in [1.29, 1.82) is 0 Å². The second-order valence-electron chi connectivity index (χ2n) is 8.03. The predicted molar refractivity (Wildman–Crippen MR) is 97.0 cm³/mol. The summed E-state index contributed by atoms with van der Waals surface area (Å²) in [5.74, 6) is 0. The van der Waals surface area contributed by atoms with E-state index in [1.807, 2.05) is 0 Å². The highest BCUT2D eigenvalue weighted by Gasteiger charge is 2.40. The minimum atomic E-state index is 0.528. The lowest BCUT2D eigenvalue weighted by Gasteiger charge is -2.40. The summed E-state index contributed by atoms with van der Waals surface area (Å²) in [7, 11) is 0. The van der Waals surface area contributed by atoms with Crippen LogP contribution in [0.1, 0.15) is 56.1 Å². The van der Waals surface area contributed by atoms with Gasteiger partial charge in [-0.05, 0) is 101 Å². The van der Waals surface area contributed by atoms with Crippen LogP contribution in [0.3, 0.4) is 0 Å². The van der Waals surface area contributed by atoms with Crippen molar-refractivity contribution in [3.05, 3.63) is 35.4 Å². The second-order valence-corrected chi connectivity index (χ2v) is 8.03. The van der Waals surface area contributed by atoms with Gasteiger partial charge in [0, 0.05) is 0 Å². The predicted octanol–water partition coefficient (Wildman–Crippen LogP) is 3.84. The molecule has 0 bridgehead atoms. The highest BCUT2D eigenvalue weighted by Crippen LogP contribution is 2.46. The van der Waals surface area contributed by atoms with E-state index in [9.17, 15) is 0 Å². The molecule has 2 fully saturated rings. The van der Waals surface area contributed by atoms with Crippen LogP contribution in [0.25, 0.3) is 0 Å². The molecular weight excluding hydrogens is 280 g/mol. The first-order chi connectivity index (χ1) is 11.4. The minimum Gasteiger partial charge on any atom is -0.303 e. The smallest absolute Gasteiger partial charge is 0.000654 e. The standard InChI is InChI=1S/C21H32N2/c1-4-13-22(14-5-1)15-6-16-23-17-11-21(12-18-23)10-9-19-7-2-3-8-20(19)21/h2-3,7-8H,1,4-6,9-18H2. The number of nitrogens with zero attached hydrogens (tertiary/aromatic N) is 2. The van der Waals surface area contributed by atoms with Gasteiger partial charge in [0.15, 0.2) is 0 Å². The van der Waals surface area contributed by atoms with Crippen molar-refractivity contribution in [2.75, 3.05) is 39.3 Å². The molecule has 0 unspecified atom stereocenters. The summed E-state index contributed by atoms with van der Waals surface area (Å²) in [5.41, 5.74) is 3.85. The van der Waals surface area contributed by atoms with Gasteiger partial charge in [-0.3, -0.25) is 0 Å². The highest BCUT2D eigenvalue weighted by molar-refractivity contribution is 5.39. The van der Waals surface area contributed by atoms with Gasteiger partial charge in [0.25, 0.3) is 0 Å². The normalized spacial score (nSPS) is 24.9. The molecule has 1 aromatic rings. The van der Waals surface area contributed by atoms with Crippen LogP contribution >= 0.6 is 0 Å². The molecule has 2 aliphatic heterocycles. The minimum absolute atomic E-state index is 0.528. The van der Waals surface area contributed by atoms with Crippen molar-refractivity contribution in [3.8, 4) is 0 Å². The summed E-state index contributed by atoms with van der Waals surface area (Å²) in [4.78, 5) is 5.41. The Morgan fingerprint density at radius 3 is 2.26 bits per heavy atom. The molecule has 2 nitrogen and oxygen atoms in total. The SMILES string of the molecule is c1ccc2c(c1)CCC21CCN(CCCN2CCCCC2)CC1. The highest BCUT2D eigenvalue weighted by atomic mass is 15.2. The van der Waals surface area contributed by atoms with Gasteiger partial charge in [-0.2, -0.15) is 0 Å². The zero-order valence-electron chi connectivity index (χ0n) is 14.6. The summed E-state index contributed by atoms with van der Waals surface area (Å²) in [5, 5.41) is 0. The first-order valence-electron chi connectivity index (χ1n) is 9.89. The van der Waals surface area contributed by atoms with Crippen molar-refractivity contribution in [1.82, 2.24) is 9.80 Å². The van der Waals surface area contributed by atoms with Gasteiger partial charge in [-0.15, -0.1) is 0 Å². The number of aryl methyl sites for hydroxylation is 1. The Hall–Kier alpha value is -0.860. The van der Waals surface area contributed by atoms with Crippen molar-refractivity contribution in [3.63, 3.8) is 0 Å². The van der Waals surface area contributed by atoms with E-state index >= 15 is 0 Å². The second kappa shape index (κ2) is 6.94. The van der Waals surface area contributed by atoms with Crippen LogP contribution in [0, 0.1) is 0 Å². The number of hydrogen-bond acceptors (Lipinski definition) is 2. The Balaban J connectivity index is 1.25. The maximum absolute atomic E-state index is 2.73. The quantitative estimate of drug-likeness (QED) is 0.833. The molecule has 126 valence electrons. The Bertz CT molecular complexity index is 510. The van der Waals surface area contributed by atoms with Crippen molar-refractivity contribution in [2.24, 2.45) is 0 Å². The molecular formula is C21H32N2. The fourth-order valence-corrected chi connectivity index (χ4v) is 5.19. The molecule has 0 aromatic heterocycles. The van der Waals surface area contributed by atoms with Crippen LogP contribution in [-0.2, 0) is 11.8 Å². The lowest BCUT2D eigenvalue weighted by molar-refractivity contribution is 0.146. The Morgan fingerprint density at radius 2 is 1.48 bits per heavy atom. The number of benzene rings is 1. The van der Waals surface area contributed by atoms with Crippen LogP contribution < -0.4 is 0 Å². The lowest BCUT2D eigenvalue weighted by atomic mass is 9.74. The van der Waals surface area contributed by atoms with Gasteiger partial charge in [0.1, 0.15) is 0 Å². The number of fused-ring (bicyclic) bond motifs is 2. The molecule has 0 amide bonds. The van der Waals surface area contributed by atoms with E-state index in [0.29, 0.717) is 5.41 Å². The van der Waals surface area contributed by atoms with Gasteiger partial charge >= 0.3 is 0 Å². The van der Waals surface area contributed by atoms with Gasteiger partial charge in [0.2, 0.25) is 0 Å². The molecule has 0 atom stereocenters. The third kappa shape index (κ3) is 3.34. The van der Waals surface area contributed by atoms with E-state index in [2.05, 4.69) is 34.1 Å². The van der Waals surface area contributed by atoms with Crippen LogP contribution in [0.15, 0.2) is 24.3 Å². The van der Waals surface area contributed by atoms with Crippen molar-refractivity contribution in [2.45, 2.75) is 56.8 Å². The molecule has 3 aliphatic rings. The van der Waals surface area contributed by atoms with E-state index in [1.165, 1.54) is 90.6 Å². The fourth-order valence-electron chi connectivity index (χ4n) is 5.19. The lowest BCUT2D eigenvalue weighted by Crippen LogP contribution is -2.42. The van der Waals surface area contributed by atoms with Crippen molar-refractivity contribution >= 4 is 0 Å². The Morgan fingerprint density at radius 1 is 0.783 bits per heavy atom. The summed E-state index contributed by atoms with van der Waals surface area (Å²) in [6, 6.07) is 9.23. The van der Waals surface area contributed by atoms with E-state index in [1.54, 1.807) is 11.1 Å². The monoisotopic (exact) mass is 312 g/mol. The van der Waals surface area contributed by atoms with Crippen LogP contribution in [0.5, 0.6) is 0 Å². The first-order valence-corrected chi connectivity index (χ1v) is 9.89. The van der Waals surface area contributed by atoms with E-state index in [-0.39, 0.29) is 0 Å². The first kappa shape index (κ1) is 15.7. The Labute approximate surface area is 141 Å². The third-order valence-electron chi connectivity index (χ3n) is 6.67. The zero-order chi connectivity index (χ0) is 15.5. The molecule has 23 heavy (non-hydrogen) atoms. The summed E-state index contributed by atoms with van der Waals surface area (Å²) < 4.78 is 0. The van der Waals surface area contributed by atoms with Gasteiger partial charge in [-0.25, -0.2) is 0 Å². The van der Waals surface area contributed by atoms with Gasteiger partial charge in [-0.1, -0.05) is 30.7 Å². The third-order valence-corrected chi connectivity index (χ3v) is 6.67. The summed E-state index contributed by atoms with van der Waals surface area (Å²) in [6.07, 6.45) is 11.1. The summed E-state index contributed by atoms with van der Waals surface area (Å²) in [6.45, 7) is 7.96. The molecule has 2 heterocycles. The van der Waals surface area contributed by atoms with E-state index < -0.39 is 0 Å². The largest absolute Gasteiger partial charge is 0.303 e. The maximum Gasteiger partial charge on any atom is -0.000654 e. The van der Waals surface area contributed by atoms with Gasteiger partial charge < -0.3 is 9.80 Å². The maximum atomic E-state index is 2.73. The average molecular weight is 313 g/mol. The molecule has 0 radical (unpaired) electrons. The Kier molecular flexibility index (Phi) is 4.73. The van der Waals surface area contributed by atoms with E-state index in [0.717, 1.165) is 0 Å². The molecule has 1 aromatic carbocycles. The van der Waals surface area contributed by atoms with Crippen molar-refractivity contribution < 1.29 is 0 Å². The van der Waals surface area contributed by atoms with Gasteiger partial charge in [0.05, 0.1) is 0 Å². The van der Waals surface area contributed by atoms with Crippen LogP contribution in [-0.4, -0.2) is 49.1 Å². The number of piperidine rings is 2.